The van der Waals surface area contributed by atoms with Crippen LogP contribution in [-0.2, 0) is 6.54 Å². The molecule has 1 aromatic carbocycles. The Bertz CT molecular complexity index is 1020. The zero-order chi connectivity index (χ0) is 22.9. The van der Waals surface area contributed by atoms with Gasteiger partial charge >= 0.3 is 0 Å². The number of carbonyl (C=O) groups excluding carboxylic acids is 1. The summed E-state index contributed by atoms with van der Waals surface area (Å²) < 4.78 is 5.23. The SMILES string of the molecule is COc1ccc(CNc2nc(N3CC4CC4C3)ncc2C(=O)N[C@H]2CC[C@H](O)CC2)cc1Cl. The first-order chi connectivity index (χ1) is 16.0. The number of halogens is 1. The molecule has 3 aliphatic rings. The number of hydrogen-bond donors (Lipinski definition) is 3. The van der Waals surface area contributed by atoms with E-state index in [2.05, 4.69) is 20.5 Å². The van der Waals surface area contributed by atoms with Crippen molar-refractivity contribution in [2.24, 2.45) is 11.8 Å². The van der Waals surface area contributed by atoms with Crippen LogP contribution >= 0.6 is 11.6 Å². The Hall–Kier alpha value is -2.58. The molecule has 0 bridgehead atoms. The Labute approximate surface area is 198 Å². The van der Waals surface area contributed by atoms with E-state index in [0.717, 1.165) is 43.3 Å². The summed E-state index contributed by atoms with van der Waals surface area (Å²) in [6.07, 6.45) is 5.63. The summed E-state index contributed by atoms with van der Waals surface area (Å²) in [7, 11) is 1.59. The van der Waals surface area contributed by atoms with Crippen molar-refractivity contribution < 1.29 is 14.6 Å². The Balaban J connectivity index is 1.34. The predicted octanol–water partition coefficient (Wildman–Crippen LogP) is 3.24. The van der Waals surface area contributed by atoms with Gasteiger partial charge in [0.25, 0.3) is 5.91 Å². The first kappa shape index (κ1) is 22.2. The fraction of sp³-hybridized carbons (Fsp3) is 0.542. The van der Waals surface area contributed by atoms with Gasteiger partial charge in [0.2, 0.25) is 5.95 Å². The molecule has 9 heteroatoms. The molecule has 3 N–H and O–H groups in total. The molecule has 3 fully saturated rings. The first-order valence-electron chi connectivity index (χ1n) is 11.7. The summed E-state index contributed by atoms with van der Waals surface area (Å²) in [5, 5.41) is 16.7. The number of methoxy groups -OCH3 is 1. The van der Waals surface area contributed by atoms with Crippen molar-refractivity contribution in [1.82, 2.24) is 15.3 Å². The topological polar surface area (TPSA) is 99.6 Å². The van der Waals surface area contributed by atoms with E-state index in [-0.39, 0.29) is 18.1 Å². The fourth-order valence-electron chi connectivity index (χ4n) is 4.88. The highest BCUT2D eigenvalue weighted by atomic mass is 35.5. The number of aromatic nitrogens is 2. The number of aliphatic hydroxyl groups is 1. The van der Waals surface area contributed by atoms with E-state index in [1.807, 2.05) is 18.2 Å². The number of benzene rings is 1. The number of hydrogen-bond acceptors (Lipinski definition) is 7. The van der Waals surface area contributed by atoms with Crippen LogP contribution in [0.1, 0.15) is 48.0 Å². The van der Waals surface area contributed by atoms with Gasteiger partial charge in [-0.05, 0) is 61.6 Å². The molecule has 5 rings (SSSR count). The zero-order valence-corrected chi connectivity index (χ0v) is 19.5. The second kappa shape index (κ2) is 9.35. The summed E-state index contributed by atoms with van der Waals surface area (Å²) >= 11 is 6.27. The second-order valence-corrected chi connectivity index (χ2v) is 9.80. The van der Waals surface area contributed by atoms with Crippen LogP contribution < -0.4 is 20.3 Å². The smallest absolute Gasteiger partial charge is 0.256 e. The van der Waals surface area contributed by atoms with E-state index in [1.54, 1.807) is 13.3 Å². The Morgan fingerprint density at radius 1 is 1.24 bits per heavy atom. The summed E-state index contributed by atoms with van der Waals surface area (Å²) in [5.74, 6) is 3.13. The van der Waals surface area contributed by atoms with Crippen molar-refractivity contribution in [3.05, 3.63) is 40.5 Å². The van der Waals surface area contributed by atoms with Crippen LogP contribution in [0.15, 0.2) is 24.4 Å². The standard InChI is InChI=1S/C24H30ClN5O3/c1-33-21-7-2-14(8-20(21)25)10-26-22-19(23(32)28-17-3-5-18(31)6-4-17)11-27-24(29-22)30-12-15-9-16(15)13-30/h2,7-8,11,15-18,31H,3-6,9-10,12-13H2,1H3,(H,28,32)(H,26,27,29)/t15?,16?,17-,18-. The van der Waals surface area contributed by atoms with Gasteiger partial charge in [-0.2, -0.15) is 4.98 Å². The Kier molecular flexibility index (Phi) is 6.29. The number of ether oxygens (including phenoxy) is 1. The normalized spacial score (nSPS) is 26.0. The minimum atomic E-state index is -0.263. The lowest BCUT2D eigenvalue weighted by Gasteiger charge is -2.26. The maximum atomic E-state index is 13.1. The molecule has 1 saturated heterocycles. The zero-order valence-electron chi connectivity index (χ0n) is 18.8. The summed E-state index contributed by atoms with van der Waals surface area (Å²) in [4.78, 5) is 24.6. The van der Waals surface area contributed by atoms with Crippen molar-refractivity contribution in [3.63, 3.8) is 0 Å². The van der Waals surface area contributed by atoms with Gasteiger partial charge in [-0.3, -0.25) is 4.79 Å². The van der Waals surface area contributed by atoms with Crippen LogP contribution in [0.3, 0.4) is 0 Å². The third kappa shape index (κ3) is 5.01. The molecule has 2 heterocycles. The summed E-state index contributed by atoms with van der Waals surface area (Å²) in [6.45, 7) is 2.42. The third-order valence-electron chi connectivity index (χ3n) is 6.99. The van der Waals surface area contributed by atoms with Gasteiger partial charge in [0.05, 0.1) is 18.2 Å². The second-order valence-electron chi connectivity index (χ2n) is 9.39. The van der Waals surface area contributed by atoms with Gasteiger partial charge in [0.1, 0.15) is 17.1 Å². The number of piperidine rings is 1. The molecular weight excluding hydrogens is 442 g/mol. The average molecular weight is 472 g/mol. The van der Waals surface area contributed by atoms with E-state index in [4.69, 9.17) is 21.3 Å². The lowest BCUT2D eigenvalue weighted by molar-refractivity contribution is 0.0867. The van der Waals surface area contributed by atoms with Crippen molar-refractivity contribution >= 4 is 29.3 Å². The maximum Gasteiger partial charge on any atom is 0.256 e. The molecular formula is C24H30ClN5O3. The highest BCUT2D eigenvalue weighted by Gasteiger charge is 2.46. The molecule has 33 heavy (non-hydrogen) atoms. The van der Waals surface area contributed by atoms with Crippen LogP contribution in [-0.4, -0.2) is 53.3 Å². The monoisotopic (exact) mass is 471 g/mol. The molecule has 0 spiro atoms. The van der Waals surface area contributed by atoms with Crippen LogP contribution in [0.25, 0.3) is 0 Å². The van der Waals surface area contributed by atoms with E-state index < -0.39 is 0 Å². The Morgan fingerprint density at radius 3 is 2.70 bits per heavy atom. The van der Waals surface area contributed by atoms with Crippen LogP contribution in [0.4, 0.5) is 11.8 Å². The molecule has 2 saturated carbocycles. The van der Waals surface area contributed by atoms with Crippen molar-refractivity contribution in [3.8, 4) is 5.75 Å². The van der Waals surface area contributed by atoms with E-state index >= 15 is 0 Å². The predicted molar refractivity (Wildman–Crippen MR) is 127 cm³/mol. The number of carbonyl (C=O) groups is 1. The molecule has 1 amide bonds. The van der Waals surface area contributed by atoms with Crippen LogP contribution in [0, 0.1) is 11.8 Å². The molecule has 2 aliphatic carbocycles. The highest BCUT2D eigenvalue weighted by Crippen LogP contribution is 2.45. The lowest BCUT2D eigenvalue weighted by atomic mass is 9.93. The van der Waals surface area contributed by atoms with Gasteiger partial charge in [-0.25, -0.2) is 4.98 Å². The molecule has 1 aliphatic heterocycles. The van der Waals surface area contributed by atoms with Gasteiger partial charge in [0, 0.05) is 31.9 Å². The summed E-state index contributed by atoms with van der Waals surface area (Å²) in [6, 6.07) is 5.66. The maximum absolute atomic E-state index is 13.1. The Morgan fingerprint density at radius 2 is 2.00 bits per heavy atom. The first-order valence-corrected chi connectivity index (χ1v) is 12.0. The molecule has 0 radical (unpaired) electrons. The van der Waals surface area contributed by atoms with Crippen molar-refractivity contribution in [2.45, 2.75) is 50.8 Å². The van der Waals surface area contributed by atoms with E-state index in [9.17, 15) is 9.90 Å². The molecule has 2 aromatic rings. The van der Waals surface area contributed by atoms with Gasteiger partial charge in [0.15, 0.2) is 0 Å². The molecule has 8 nitrogen and oxygen atoms in total. The van der Waals surface area contributed by atoms with Crippen molar-refractivity contribution in [2.75, 3.05) is 30.4 Å². The lowest BCUT2D eigenvalue weighted by Crippen LogP contribution is -2.39. The fourth-order valence-corrected chi connectivity index (χ4v) is 5.16. The van der Waals surface area contributed by atoms with Gasteiger partial charge in [-0.1, -0.05) is 17.7 Å². The van der Waals surface area contributed by atoms with Crippen LogP contribution in [0.2, 0.25) is 5.02 Å². The van der Waals surface area contributed by atoms with Crippen LogP contribution in [0.5, 0.6) is 5.75 Å². The minimum absolute atomic E-state index is 0.0551. The molecule has 2 atom stereocenters. The number of nitrogens with one attached hydrogen (secondary N) is 2. The number of amides is 1. The largest absolute Gasteiger partial charge is 0.495 e. The average Bonchev–Trinajstić information content (AvgIpc) is 3.43. The molecule has 2 unspecified atom stereocenters. The number of fused-ring (bicyclic) bond motifs is 1. The van der Waals surface area contributed by atoms with Crippen molar-refractivity contribution in [1.29, 1.82) is 0 Å². The van der Waals surface area contributed by atoms with Gasteiger partial charge < -0.3 is 25.4 Å². The number of rotatable bonds is 7. The number of nitrogens with zero attached hydrogens (tertiary/aromatic N) is 3. The van der Waals surface area contributed by atoms with E-state index in [1.165, 1.54) is 6.42 Å². The molecule has 1 aromatic heterocycles. The van der Waals surface area contributed by atoms with E-state index in [0.29, 0.717) is 47.5 Å². The molecule has 176 valence electrons. The highest BCUT2D eigenvalue weighted by molar-refractivity contribution is 6.32. The van der Waals surface area contributed by atoms with Gasteiger partial charge in [-0.15, -0.1) is 0 Å². The third-order valence-corrected chi connectivity index (χ3v) is 7.29. The quantitative estimate of drug-likeness (QED) is 0.570. The minimum Gasteiger partial charge on any atom is -0.495 e. The summed E-state index contributed by atoms with van der Waals surface area (Å²) in [5.41, 5.74) is 1.38. The number of aliphatic hydroxyl groups excluding tert-OH is 1. The number of anilines is 2.